The Morgan fingerprint density at radius 1 is 0.941 bits per heavy atom. The smallest absolute Gasteiger partial charge is 0.264 e. The number of benzene rings is 4. The number of nitrogens with zero attached hydrogens (tertiary/aromatic N) is 1. The molecule has 0 bridgehead atoms. The Kier molecular flexibility index (Phi) is 5.62. The molecule has 1 heterocycles. The third-order valence-corrected chi connectivity index (χ3v) is 7.11. The van der Waals surface area contributed by atoms with Crippen LogP contribution in [0, 0.1) is 13.8 Å². The van der Waals surface area contributed by atoms with Gasteiger partial charge in [-0.05, 0) is 60.0 Å². The Hall–Kier alpha value is -3.28. The van der Waals surface area contributed by atoms with Crippen molar-refractivity contribution in [2.24, 2.45) is 0 Å². The fraction of sp³-hybridized carbons (Fsp3) is 0.172. The number of halogens is 1. The summed E-state index contributed by atoms with van der Waals surface area (Å²) in [7, 11) is 0. The van der Waals surface area contributed by atoms with E-state index in [1.54, 1.807) is 17.0 Å². The number of aryl methyl sites for hydroxylation is 2. The number of Topliss-reactive ketones (excluding diaryl/α,β-unsaturated/α-hetero) is 1. The van der Waals surface area contributed by atoms with Crippen LogP contribution < -0.4 is 4.90 Å². The van der Waals surface area contributed by atoms with Crippen molar-refractivity contribution in [3.05, 3.63) is 111 Å². The molecule has 1 amide bonds. The summed E-state index contributed by atoms with van der Waals surface area (Å²) in [4.78, 5) is 28.6. The summed E-state index contributed by atoms with van der Waals surface area (Å²) in [5.41, 5.74) is 2.80. The number of carbonyl (C=O) groups is 2. The van der Waals surface area contributed by atoms with E-state index in [1.165, 1.54) is 0 Å². The first-order chi connectivity index (χ1) is 16.3. The van der Waals surface area contributed by atoms with Gasteiger partial charge in [-0.1, -0.05) is 76.1 Å². The van der Waals surface area contributed by atoms with Crippen LogP contribution in [0.5, 0.6) is 0 Å². The maximum Gasteiger partial charge on any atom is 0.264 e. The Morgan fingerprint density at radius 3 is 2.50 bits per heavy atom. The maximum atomic E-state index is 13.7. The Bertz CT molecular complexity index is 1460. The van der Waals surface area contributed by atoms with Crippen molar-refractivity contribution in [1.82, 2.24) is 0 Å². The number of anilines is 1. The van der Waals surface area contributed by atoms with Crippen molar-refractivity contribution < 1.29 is 14.7 Å². The lowest BCUT2D eigenvalue weighted by molar-refractivity contribution is -0.136. The normalized spacial score (nSPS) is 17.3. The van der Waals surface area contributed by atoms with Gasteiger partial charge in [0.2, 0.25) is 0 Å². The minimum atomic E-state index is -1.93. The average molecular weight is 514 g/mol. The molecule has 170 valence electrons. The van der Waals surface area contributed by atoms with E-state index in [2.05, 4.69) is 22.0 Å². The second-order valence-corrected chi connectivity index (χ2v) is 9.92. The molecule has 4 aromatic carbocycles. The molecule has 0 radical (unpaired) electrons. The molecular weight excluding hydrogens is 490 g/mol. The highest BCUT2D eigenvalue weighted by Crippen LogP contribution is 2.45. The number of hydrogen-bond acceptors (Lipinski definition) is 3. The van der Waals surface area contributed by atoms with Gasteiger partial charge >= 0.3 is 0 Å². The van der Waals surface area contributed by atoms with Crippen LogP contribution in [0.1, 0.15) is 39.0 Å². The summed E-state index contributed by atoms with van der Waals surface area (Å²) in [6.07, 6.45) is -0.322. The number of carbonyl (C=O) groups excluding carboxylic acids is 2. The zero-order valence-corrected chi connectivity index (χ0v) is 20.6. The van der Waals surface area contributed by atoms with Crippen molar-refractivity contribution in [1.29, 1.82) is 0 Å². The molecule has 0 saturated heterocycles. The van der Waals surface area contributed by atoms with Crippen molar-refractivity contribution in [3.63, 3.8) is 0 Å². The predicted octanol–water partition coefficient (Wildman–Crippen LogP) is 6.23. The second-order valence-electron chi connectivity index (χ2n) is 9.00. The van der Waals surface area contributed by atoms with E-state index in [0.29, 0.717) is 23.4 Å². The lowest BCUT2D eigenvalue weighted by atomic mass is 9.87. The fourth-order valence-electron chi connectivity index (χ4n) is 4.69. The molecule has 34 heavy (non-hydrogen) atoms. The molecular formula is C29H24BrNO3. The van der Waals surface area contributed by atoms with E-state index in [0.717, 1.165) is 31.9 Å². The van der Waals surface area contributed by atoms with Crippen molar-refractivity contribution in [2.45, 2.75) is 32.4 Å². The van der Waals surface area contributed by atoms with E-state index in [9.17, 15) is 14.7 Å². The maximum absolute atomic E-state index is 13.7. The standard InChI is InChI=1S/C29H24BrNO3/c1-18-7-8-19(2)23(13-18)17-31-26-12-11-24(30)15-25(26)29(34,28(31)33)16-27(32)22-10-9-20-5-3-4-6-21(20)14-22/h3-15,34H,16-17H2,1-2H3. The third kappa shape index (κ3) is 3.85. The Balaban J connectivity index is 1.52. The predicted molar refractivity (Wildman–Crippen MR) is 138 cm³/mol. The monoisotopic (exact) mass is 513 g/mol. The molecule has 1 aliphatic rings. The number of hydrogen-bond donors (Lipinski definition) is 1. The summed E-state index contributed by atoms with van der Waals surface area (Å²) in [6.45, 7) is 4.35. The molecule has 0 spiro atoms. The lowest BCUT2D eigenvalue weighted by Crippen LogP contribution is -2.41. The molecule has 0 aromatic heterocycles. The quantitative estimate of drug-likeness (QED) is 0.322. The molecule has 1 aliphatic heterocycles. The Labute approximate surface area is 207 Å². The SMILES string of the molecule is Cc1ccc(C)c(CN2C(=O)C(O)(CC(=O)c3ccc4ccccc4c3)c3cc(Br)ccc32)c1. The highest BCUT2D eigenvalue weighted by molar-refractivity contribution is 9.10. The highest BCUT2D eigenvalue weighted by atomic mass is 79.9. The van der Waals surface area contributed by atoms with E-state index in [4.69, 9.17) is 0 Å². The molecule has 0 aliphatic carbocycles. The van der Waals surface area contributed by atoms with Crippen LogP contribution in [0.25, 0.3) is 10.8 Å². The van der Waals surface area contributed by atoms with Crippen molar-refractivity contribution in [3.8, 4) is 0 Å². The fourth-order valence-corrected chi connectivity index (χ4v) is 5.05. The lowest BCUT2D eigenvalue weighted by Gasteiger charge is -2.23. The van der Waals surface area contributed by atoms with E-state index in [-0.39, 0.29) is 12.2 Å². The second kappa shape index (κ2) is 8.49. The minimum absolute atomic E-state index is 0.277. The topological polar surface area (TPSA) is 57.6 Å². The molecule has 4 nitrogen and oxygen atoms in total. The summed E-state index contributed by atoms with van der Waals surface area (Å²) in [6, 6.07) is 24.8. The molecule has 0 fully saturated rings. The summed E-state index contributed by atoms with van der Waals surface area (Å²) >= 11 is 3.46. The molecule has 5 rings (SSSR count). The van der Waals surface area contributed by atoms with Crippen LogP contribution >= 0.6 is 15.9 Å². The zero-order chi connectivity index (χ0) is 24.0. The van der Waals surface area contributed by atoms with E-state index >= 15 is 0 Å². The molecule has 1 atom stereocenters. The number of ketones is 1. The van der Waals surface area contributed by atoms with Gasteiger partial charge < -0.3 is 10.0 Å². The molecule has 4 aromatic rings. The van der Waals surface area contributed by atoms with Gasteiger partial charge in [-0.2, -0.15) is 0 Å². The summed E-state index contributed by atoms with van der Waals surface area (Å²) in [5, 5.41) is 13.7. The van der Waals surface area contributed by atoms with Crippen LogP contribution in [0.4, 0.5) is 5.69 Å². The third-order valence-electron chi connectivity index (χ3n) is 6.61. The largest absolute Gasteiger partial charge is 0.375 e. The first kappa shape index (κ1) is 22.5. The van der Waals surface area contributed by atoms with Gasteiger partial charge in [-0.3, -0.25) is 9.59 Å². The van der Waals surface area contributed by atoms with Gasteiger partial charge in [-0.15, -0.1) is 0 Å². The summed E-state index contributed by atoms with van der Waals surface area (Å²) in [5.74, 6) is -0.753. The van der Waals surface area contributed by atoms with Crippen LogP contribution in [0.2, 0.25) is 0 Å². The summed E-state index contributed by atoms with van der Waals surface area (Å²) < 4.78 is 0.740. The first-order valence-electron chi connectivity index (χ1n) is 11.2. The highest BCUT2D eigenvalue weighted by Gasteiger charge is 2.51. The minimum Gasteiger partial charge on any atom is -0.375 e. The first-order valence-corrected chi connectivity index (χ1v) is 12.0. The van der Waals surface area contributed by atoms with Crippen LogP contribution in [-0.4, -0.2) is 16.8 Å². The van der Waals surface area contributed by atoms with Crippen molar-refractivity contribution >= 4 is 44.1 Å². The van der Waals surface area contributed by atoms with Crippen molar-refractivity contribution in [2.75, 3.05) is 4.90 Å². The van der Waals surface area contributed by atoms with Crippen LogP contribution in [0.15, 0.2) is 83.3 Å². The van der Waals surface area contributed by atoms with Crippen LogP contribution in [-0.2, 0) is 16.9 Å². The van der Waals surface area contributed by atoms with Gasteiger partial charge in [0.25, 0.3) is 5.91 Å². The molecule has 1 N–H and O–H groups in total. The molecule has 5 heteroatoms. The zero-order valence-electron chi connectivity index (χ0n) is 19.0. The number of aliphatic hydroxyl groups is 1. The van der Waals surface area contributed by atoms with Gasteiger partial charge in [0, 0.05) is 15.6 Å². The number of rotatable bonds is 5. The van der Waals surface area contributed by atoms with Gasteiger partial charge in [0.05, 0.1) is 18.7 Å². The van der Waals surface area contributed by atoms with Gasteiger partial charge in [0.15, 0.2) is 11.4 Å². The van der Waals surface area contributed by atoms with Gasteiger partial charge in [0.1, 0.15) is 0 Å². The number of fused-ring (bicyclic) bond motifs is 2. The van der Waals surface area contributed by atoms with Gasteiger partial charge in [-0.25, -0.2) is 0 Å². The van der Waals surface area contributed by atoms with E-state index in [1.807, 2.05) is 74.5 Å². The average Bonchev–Trinajstić information content (AvgIpc) is 3.02. The van der Waals surface area contributed by atoms with Crippen LogP contribution in [0.3, 0.4) is 0 Å². The number of amides is 1. The Morgan fingerprint density at radius 2 is 1.71 bits per heavy atom. The molecule has 1 unspecified atom stereocenters. The molecule has 0 saturated carbocycles. The van der Waals surface area contributed by atoms with E-state index < -0.39 is 11.5 Å².